The van der Waals surface area contributed by atoms with E-state index in [1.165, 1.54) is 0 Å². The largest absolute Gasteiger partial charge is 0.323 e. The van der Waals surface area contributed by atoms with Crippen LogP contribution in [0.25, 0.3) is 10.8 Å². The molecule has 0 bridgehead atoms. The van der Waals surface area contributed by atoms with Gasteiger partial charge in [-0.15, -0.1) is 0 Å². The van der Waals surface area contributed by atoms with Crippen molar-refractivity contribution in [2.24, 2.45) is 0 Å². The third-order valence-electron chi connectivity index (χ3n) is 2.56. The van der Waals surface area contributed by atoms with Crippen LogP contribution in [0.2, 0.25) is 0 Å². The molecule has 80 valence electrons. The Morgan fingerprint density at radius 2 is 1.31 bits per heavy atom. The molecule has 0 fully saturated rings. The lowest BCUT2D eigenvalue weighted by Crippen LogP contribution is -2.23. The number of urea groups is 1. The minimum Gasteiger partial charge on any atom is -0.307 e. The van der Waals surface area contributed by atoms with Crippen LogP contribution in [-0.4, -0.2) is 6.03 Å². The summed E-state index contributed by atoms with van der Waals surface area (Å²) in [6.07, 6.45) is 0. The summed E-state index contributed by atoms with van der Waals surface area (Å²) >= 11 is 7.03. The predicted octanol–water partition coefficient (Wildman–Crippen LogP) is 4.32. The molecule has 1 heterocycles. The highest BCUT2D eigenvalue weighted by Gasteiger charge is 2.19. The molecule has 3 rings (SSSR count). The molecule has 5 heteroatoms. The number of benzene rings is 2. The number of amides is 2. The van der Waals surface area contributed by atoms with Gasteiger partial charge in [-0.3, -0.25) is 0 Å². The van der Waals surface area contributed by atoms with E-state index in [1.807, 2.05) is 24.3 Å². The van der Waals surface area contributed by atoms with Crippen LogP contribution < -0.4 is 10.6 Å². The van der Waals surface area contributed by atoms with Crippen molar-refractivity contribution in [3.8, 4) is 0 Å². The van der Waals surface area contributed by atoms with Crippen molar-refractivity contribution in [1.82, 2.24) is 0 Å². The molecule has 2 aromatic rings. The van der Waals surface area contributed by atoms with Gasteiger partial charge in [0.1, 0.15) is 0 Å². The van der Waals surface area contributed by atoms with Crippen LogP contribution >= 0.6 is 31.9 Å². The number of halogens is 2. The molecule has 2 N–H and O–H groups in total. The average Bonchev–Trinajstić information content (AvgIpc) is 2.25. The van der Waals surface area contributed by atoms with Crippen molar-refractivity contribution < 1.29 is 4.79 Å². The lowest BCUT2D eigenvalue weighted by molar-refractivity contribution is 0.262. The first kappa shape index (κ1) is 10.1. The summed E-state index contributed by atoms with van der Waals surface area (Å²) in [5, 5.41) is 7.65. The number of carbonyl (C=O) groups is 1. The topological polar surface area (TPSA) is 41.1 Å². The van der Waals surface area contributed by atoms with Gasteiger partial charge in [-0.2, -0.15) is 0 Å². The third-order valence-corrected chi connectivity index (χ3v) is 3.88. The number of hydrogen-bond donors (Lipinski definition) is 2. The predicted molar refractivity (Wildman–Crippen MR) is 72.0 cm³/mol. The quantitative estimate of drug-likeness (QED) is 0.736. The number of rotatable bonds is 0. The maximum atomic E-state index is 11.4. The van der Waals surface area contributed by atoms with Gasteiger partial charge in [0.05, 0.1) is 11.4 Å². The van der Waals surface area contributed by atoms with E-state index in [2.05, 4.69) is 42.5 Å². The van der Waals surface area contributed by atoms with Gasteiger partial charge in [0.25, 0.3) is 0 Å². The Labute approximate surface area is 108 Å². The van der Waals surface area contributed by atoms with Crippen LogP contribution in [0, 0.1) is 0 Å². The zero-order valence-electron chi connectivity index (χ0n) is 7.97. The van der Waals surface area contributed by atoms with Gasteiger partial charge in [0.15, 0.2) is 0 Å². The molecule has 2 aromatic carbocycles. The molecule has 1 aliphatic rings. The monoisotopic (exact) mass is 340 g/mol. The standard InChI is InChI=1S/C11H6Br2N2O/c12-5-1-3-7-10-8(15-11(16)14-7)4-2-6(13)9(5)10/h1-4H,(H2,14,15,16). The highest BCUT2D eigenvalue weighted by atomic mass is 79.9. The average molecular weight is 342 g/mol. The zero-order chi connectivity index (χ0) is 11.3. The smallest absolute Gasteiger partial charge is 0.307 e. The van der Waals surface area contributed by atoms with Crippen molar-refractivity contribution >= 4 is 60.0 Å². The molecule has 3 nitrogen and oxygen atoms in total. The molecule has 0 spiro atoms. The van der Waals surface area contributed by atoms with E-state index < -0.39 is 0 Å². The molecular formula is C11H6Br2N2O. The van der Waals surface area contributed by atoms with Gasteiger partial charge in [0.2, 0.25) is 0 Å². The summed E-state index contributed by atoms with van der Waals surface area (Å²) in [4.78, 5) is 11.4. The molecule has 0 saturated carbocycles. The summed E-state index contributed by atoms with van der Waals surface area (Å²) in [6, 6.07) is 7.44. The van der Waals surface area contributed by atoms with E-state index in [1.54, 1.807) is 0 Å². The Hall–Kier alpha value is -1.07. The van der Waals surface area contributed by atoms with E-state index >= 15 is 0 Å². The van der Waals surface area contributed by atoms with E-state index in [4.69, 9.17) is 0 Å². The maximum absolute atomic E-state index is 11.4. The van der Waals surface area contributed by atoms with Crippen molar-refractivity contribution in [3.05, 3.63) is 33.2 Å². The highest BCUT2D eigenvalue weighted by molar-refractivity contribution is 9.11. The van der Waals surface area contributed by atoms with Gasteiger partial charge < -0.3 is 10.6 Å². The molecule has 16 heavy (non-hydrogen) atoms. The van der Waals surface area contributed by atoms with Gasteiger partial charge in [-0.1, -0.05) is 31.9 Å². The van der Waals surface area contributed by atoms with Crippen LogP contribution in [0.4, 0.5) is 16.2 Å². The lowest BCUT2D eigenvalue weighted by atomic mass is 10.1. The van der Waals surface area contributed by atoms with Crippen LogP contribution in [0.1, 0.15) is 0 Å². The molecule has 0 radical (unpaired) electrons. The van der Waals surface area contributed by atoms with Crippen LogP contribution in [0.15, 0.2) is 33.2 Å². The fourth-order valence-corrected chi connectivity index (χ4v) is 3.25. The Balaban J connectivity index is 2.50. The second-order valence-electron chi connectivity index (χ2n) is 3.52. The molecule has 0 saturated heterocycles. The first-order chi connectivity index (χ1) is 7.66. The molecule has 0 atom stereocenters. The molecule has 0 aliphatic carbocycles. The van der Waals surface area contributed by atoms with Crippen LogP contribution in [0.5, 0.6) is 0 Å². The van der Waals surface area contributed by atoms with Crippen molar-refractivity contribution in [2.45, 2.75) is 0 Å². The number of nitrogens with one attached hydrogen (secondary N) is 2. The molecule has 0 aromatic heterocycles. The molecular weight excluding hydrogens is 336 g/mol. The van der Waals surface area contributed by atoms with E-state index in [-0.39, 0.29) is 6.03 Å². The zero-order valence-corrected chi connectivity index (χ0v) is 11.1. The lowest BCUT2D eigenvalue weighted by Gasteiger charge is -2.20. The normalized spacial score (nSPS) is 13.5. The molecule has 1 aliphatic heterocycles. The fraction of sp³-hybridized carbons (Fsp3) is 0. The van der Waals surface area contributed by atoms with E-state index in [9.17, 15) is 4.79 Å². The van der Waals surface area contributed by atoms with Gasteiger partial charge in [0, 0.05) is 19.7 Å². The Morgan fingerprint density at radius 1 is 0.812 bits per heavy atom. The second-order valence-corrected chi connectivity index (χ2v) is 5.23. The SMILES string of the molecule is O=C1Nc2ccc(Br)c3c(Br)ccc(c23)N1. The van der Waals surface area contributed by atoms with Gasteiger partial charge >= 0.3 is 6.03 Å². The first-order valence-corrected chi connectivity index (χ1v) is 6.24. The van der Waals surface area contributed by atoms with Crippen LogP contribution in [0.3, 0.4) is 0 Å². The van der Waals surface area contributed by atoms with E-state index in [0.29, 0.717) is 0 Å². The number of hydrogen-bond acceptors (Lipinski definition) is 1. The molecule has 0 unspecified atom stereocenters. The van der Waals surface area contributed by atoms with Gasteiger partial charge in [-0.05, 0) is 24.3 Å². The highest BCUT2D eigenvalue weighted by Crippen LogP contribution is 2.41. The van der Waals surface area contributed by atoms with Gasteiger partial charge in [-0.25, -0.2) is 4.79 Å². The summed E-state index contributed by atoms with van der Waals surface area (Å²) in [5.41, 5.74) is 1.66. The van der Waals surface area contributed by atoms with E-state index in [0.717, 1.165) is 31.1 Å². The third kappa shape index (κ3) is 1.35. The number of anilines is 2. The van der Waals surface area contributed by atoms with Crippen LogP contribution in [-0.2, 0) is 0 Å². The molecule has 2 amide bonds. The summed E-state index contributed by atoms with van der Waals surface area (Å²) < 4.78 is 2.00. The second kappa shape index (κ2) is 3.46. The maximum Gasteiger partial charge on any atom is 0.323 e. The van der Waals surface area contributed by atoms with Crippen molar-refractivity contribution in [2.75, 3.05) is 10.6 Å². The Morgan fingerprint density at radius 3 is 1.81 bits per heavy atom. The Kier molecular flexibility index (Phi) is 2.19. The Bertz CT molecular complexity index is 576. The first-order valence-electron chi connectivity index (χ1n) is 4.65. The summed E-state index contributed by atoms with van der Waals surface area (Å²) in [5.74, 6) is 0. The summed E-state index contributed by atoms with van der Waals surface area (Å²) in [6.45, 7) is 0. The number of carbonyl (C=O) groups excluding carboxylic acids is 1. The summed E-state index contributed by atoms with van der Waals surface area (Å²) in [7, 11) is 0. The van der Waals surface area contributed by atoms with Crippen molar-refractivity contribution in [1.29, 1.82) is 0 Å². The minimum absolute atomic E-state index is 0.196. The van der Waals surface area contributed by atoms with Crippen molar-refractivity contribution in [3.63, 3.8) is 0 Å². The minimum atomic E-state index is -0.196. The fourth-order valence-electron chi connectivity index (χ4n) is 1.90.